The Bertz CT molecular complexity index is 519. The number of hydrogen-bond acceptors (Lipinski definition) is 4. The summed E-state index contributed by atoms with van der Waals surface area (Å²) in [4.78, 5) is 23.0. The van der Waals surface area contributed by atoms with E-state index in [0.29, 0.717) is 17.2 Å². The summed E-state index contributed by atoms with van der Waals surface area (Å²) in [7, 11) is 0. The van der Waals surface area contributed by atoms with Gasteiger partial charge < -0.3 is 10.1 Å². The van der Waals surface area contributed by atoms with E-state index in [-0.39, 0.29) is 11.8 Å². The smallest absolute Gasteiger partial charge is 0.259 e. The van der Waals surface area contributed by atoms with Crippen LogP contribution in [-0.4, -0.2) is 31.1 Å². The van der Waals surface area contributed by atoms with Crippen LogP contribution in [0.25, 0.3) is 0 Å². The molecule has 5 heteroatoms. The summed E-state index contributed by atoms with van der Waals surface area (Å²) in [6.45, 7) is 1.58. The minimum atomic E-state index is -0.312. The molecule has 19 heavy (non-hydrogen) atoms. The number of anilines is 1. The highest BCUT2D eigenvalue weighted by Gasteiger charge is 2.26. The van der Waals surface area contributed by atoms with Gasteiger partial charge in [0.1, 0.15) is 0 Å². The van der Waals surface area contributed by atoms with Gasteiger partial charge >= 0.3 is 0 Å². The first kappa shape index (κ1) is 12.2. The first-order valence-electron chi connectivity index (χ1n) is 6.58. The molecule has 0 spiro atoms. The highest BCUT2D eigenvalue weighted by Crippen LogP contribution is 2.22. The second-order valence-corrected chi connectivity index (χ2v) is 4.93. The quantitative estimate of drug-likeness (QED) is 0.792. The highest BCUT2D eigenvalue weighted by molar-refractivity contribution is 6.21. The summed E-state index contributed by atoms with van der Waals surface area (Å²) in [5.74, 6) is -0.623. The summed E-state index contributed by atoms with van der Waals surface area (Å²) in [6, 6.07) is 5.66. The number of hydrogen-bond donors (Lipinski definition) is 2. The number of fused-ring (bicyclic) bond motifs is 1. The van der Waals surface area contributed by atoms with Gasteiger partial charge in [-0.25, -0.2) is 0 Å². The summed E-state index contributed by atoms with van der Waals surface area (Å²) in [6.07, 6.45) is 3.06. The van der Waals surface area contributed by atoms with Crippen molar-refractivity contribution in [1.82, 2.24) is 5.32 Å². The Hall–Kier alpha value is -1.88. The minimum Gasteiger partial charge on any atom is -0.382 e. The van der Waals surface area contributed by atoms with Gasteiger partial charge in [-0.1, -0.05) is 0 Å². The van der Waals surface area contributed by atoms with Crippen LogP contribution in [0.2, 0.25) is 0 Å². The van der Waals surface area contributed by atoms with Gasteiger partial charge in [0.15, 0.2) is 0 Å². The maximum atomic E-state index is 11.6. The van der Waals surface area contributed by atoms with Crippen LogP contribution in [0, 0.1) is 0 Å². The Morgan fingerprint density at radius 2 is 1.95 bits per heavy atom. The second-order valence-electron chi connectivity index (χ2n) is 4.93. The predicted molar refractivity (Wildman–Crippen MR) is 70.3 cm³/mol. The van der Waals surface area contributed by atoms with Crippen LogP contribution in [0.3, 0.4) is 0 Å². The summed E-state index contributed by atoms with van der Waals surface area (Å²) < 4.78 is 5.42. The SMILES string of the molecule is O=C1NC(=O)c2cc(NC3CCCOCC3)ccc21. The van der Waals surface area contributed by atoms with Crippen molar-refractivity contribution in [3.8, 4) is 0 Å². The molecular weight excluding hydrogens is 244 g/mol. The van der Waals surface area contributed by atoms with E-state index in [1.165, 1.54) is 0 Å². The lowest BCUT2D eigenvalue weighted by atomic mass is 10.1. The van der Waals surface area contributed by atoms with E-state index in [0.717, 1.165) is 38.2 Å². The van der Waals surface area contributed by atoms with Gasteiger partial charge in [0.2, 0.25) is 0 Å². The number of ether oxygens (including phenoxy) is 1. The third-order valence-electron chi connectivity index (χ3n) is 3.56. The Balaban J connectivity index is 1.77. The molecular formula is C14H16N2O3. The fourth-order valence-electron chi connectivity index (χ4n) is 2.54. The van der Waals surface area contributed by atoms with Crippen molar-refractivity contribution in [3.63, 3.8) is 0 Å². The molecule has 2 aliphatic heterocycles. The molecule has 0 aliphatic carbocycles. The van der Waals surface area contributed by atoms with Gasteiger partial charge in [-0.3, -0.25) is 14.9 Å². The summed E-state index contributed by atoms with van der Waals surface area (Å²) >= 11 is 0. The van der Waals surface area contributed by atoms with E-state index in [4.69, 9.17) is 4.74 Å². The third-order valence-corrected chi connectivity index (χ3v) is 3.56. The Labute approximate surface area is 111 Å². The van der Waals surface area contributed by atoms with E-state index >= 15 is 0 Å². The number of rotatable bonds is 2. The predicted octanol–water partition coefficient (Wildman–Crippen LogP) is 1.55. The van der Waals surface area contributed by atoms with Gasteiger partial charge in [0, 0.05) is 24.9 Å². The van der Waals surface area contributed by atoms with Crippen molar-refractivity contribution in [2.24, 2.45) is 0 Å². The van der Waals surface area contributed by atoms with Gasteiger partial charge in [-0.15, -0.1) is 0 Å². The molecule has 1 aromatic carbocycles. The number of benzene rings is 1. The Kier molecular flexibility index (Phi) is 3.21. The molecule has 1 unspecified atom stereocenters. The highest BCUT2D eigenvalue weighted by atomic mass is 16.5. The lowest BCUT2D eigenvalue weighted by Gasteiger charge is -2.17. The lowest BCUT2D eigenvalue weighted by Crippen LogP contribution is -2.20. The van der Waals surface area contributed by atoms with Crippen LogP contribution in [0.1, 0.15) is 40.0 Å². The van der Waals surface area contributed by atoms with Crippen molar-refractivity contribution in [2.75, 3.05) is 18.5 Å². The maximum Gasteiger partial charge on any atom is 0.259 e. The molecule has 3 rings (SSSR count). The monoisotopic (exact) mass is 260 g/mol. The first-order valence-corrected chi connectivity index (χ1v) is 6.58. The zero-order valence-electron chi connectivity index (χ0n) is 10.6. The van der Waals surface area contributed by atoms with Gasteiger partial charge in [-0.2, -0.15) is 0 Å². The standard InChI is InChI=1S/C14H16N2O3/c17-13-11-4-3-10(8-12(11)14(18)16-13)15-9-2-1-6-19-7-5-9/h3-4,8-9,15H,1-2,5-7H2,(H,16,17,18). The molecule has 0 aromatic heterocycles. The molecule has 2 amide bonds. The van der Waals surface area contributed by atoms with Crippen molar-refractivity contribution >= 4 is 17.5 Å². The lowest BCUT2D eigenvalue weighted by molar-refractivity contribution is 0.0879. The van der Waals surface area contributed by atoms with Gasteiger partial charge in [0.05, 0.1) is 11.1 Å². The van der Waals surface area contributed by atoms with E-state index in [1.807, 2.05) is 6.07 Å². The molecule has 1 saturated heterocycles. The molecule has 2 heterocycles. The van der Waals surface area contributed by atoms with Crippen LogP contribution in [-0.2, 0) is 4.74 Å². The van der Waals surface area contributed by atoms with E-state index in [1.54, 1.807) is 12.1 Å². The zero-order valence-corrected chi connectivity index (χ0v) is 10.6. The molecule has 5 nitrogen and oxygen atoms in total. The Morgan fingerprint density at radius 1 is 1.11 bits per heavy atom. The third kappa shape index (κ3) is 2.46. The number of carbonyl (C=O) groups is 2. The summed E-state index contributed by atoms with van der Waals surface area (Å²) in [5, 5.41) is 5.71. The number of nitrogens with one attached hydrogen (secondary N) is 2. The largest absolute Gasteiger partial charge is 0.382 e. The fraction of sp³-hybridized carbons (Fsp3) is 0.429. The van der Waals surface area contributed by atoms with Crippen LogP contribution < -0.4 is 10.6 Å². The van der Waals surface area contributed by atoms with Gasteiger partial charge in [-0.05, 0) is 37.5 Å². The van der Waals surface area contributed by atoms with Crippen LogP contribution >= 0.6 is 0 Å². The number of amides is 2. The first-order chi connectivity index (χ1) is 9.24. The normalized spacial score (nSPS) is 22.6. The average Bonchev–Trinajstić information content (AvgIpc) is 2.60. The van der Waals surface area contributed by atoms with Crippen LogP contribution in [0.15, 0.2) is 18.2 Å². The van der Waals surface area contributed by atoms with E-state index in [9.17, 15) is 9.59 Å². The molecule has 0 bridgehead atoms. The molecule has 0 saturated carbocycles. The molecule has 100 valence electrons. The number of imide groups is 1. The van der Waals surface area contributed by atoms with Crippen molar-refractivity contribution < 1.29 is 14.3 Å². The van der Waals surface area contributed by atoms with Crippen molar-refractivity contribution in [2.45, 2.75) is 25.3 Å². The molecule has 1 atom stereocenters. The Morgan fingerprint density at radius 3 is 2.84 bits per heavy atom. The summed E-state index contributed by atoms with van der Waals surface area (Å²) in [5.41, 5.74) is 1.80. The fourth-order valence-corrected chi connectivity index (χ4v) is 2.54. The van der Waals surface area contributed by atoms with Crippen molar-refractivity contribution in [3.05, 3.63) is 29.3 Å². The van der Waals surface area contributed by atoms with Crippen LogP contribution in [0.4, 0.5) is 5.69 Å². The molecule has 1 aromatic rings. The van der Waals surface area contributed by atoms with Gasteiger partial charge in [0.25, 0.3) is 11.8 Å². The van der Waals surface area contributed by atoms with Crippen molar-refractivity contribution in [1.29, 1.82) is 0 Å². The van der Waals surface area contributed by atoms with E-state index < -0.39 is 0 Å². The molecule has 0 radical (unpaired) electrons. The average molecular weight is 260 g/mol. The number of carbonyl (C=O) groups excluding carboxylic acids is 2. The molecule has 1 fully saturated rings. The van der Waals surface area contributed by atoms with E-state index in [2.05, 4.69) is 10.6 Å². The van der Waals surface area contributed by atoms with Crippen LogP contribution in [0.5, 0.6) is 0 Å². The topological polar surface area (TPSA) is 67.4 Å². The molecule has 2 N–H and O–H groups in total. The maximum absolute atomic E-state index is 11.6. The second kappa shape index (κ2) is 5.01. The molecule has 2 aliphatic rings. The minimum absolute atomic E-state index is 0.311. The zero-order chi connectivity index (χ0) is 13.2.